The van der Waals surface area contributed by atoms with E-state index in [0.717, 1.165) is 14.3 Å². The van der Waals surface area contributed by atoms with Gasteiger partial charge in [-0.05, 0) is 59.2 Å². The number of benzene rings is 1. The molecule has 1 saturated carbocycles. The van der Waals surface area contributed by atoms with Gasteiger partial charge < -0.3 is 0 Å². The van der Waals surface area contributed by atoms with E-state index < -0.39 is 10.0 Å². The molecule has 4 nitrogen and oxygen atoms in total. The summed E-state index contributed by atoms with van der Waals surface area (Å²) < 4.78 is 26.3. The summed E-state index contributed by atoms with van der Waals surface area (Å²) in [4.78, 5) is 12.1. The van der Waals surface area contributed by atoms with Crippen molar-refractivity contribution in [3.8, 4) is 0 Å². The molecule has 0 spiro atoms. The van der Waals surface area contributed by atoms with Crippen molar-refractivity contribution in [2.24, 2.45) is 11.8 Å². The van der Waals surface area contributed by atoms with Gasteiger partial charge in [-0.2, -0.15) is 0 Å². The van der Waals surface area contributed by atoms with Gasteiger partial charge in [-0.3, -0.25) is 4.79 Å². The lowest BCUT2D eigenvalue weighted by molar-refractivity contribution is -0.127. The smallest absolute Gasteiger partial charge is 0.266 e. The Labute approximate surface area is 121 Å². The fourth-order valence-corrected chi connectivity index (χ4v) is 3.31. The van der Waals surface area contributed by atoms with Crippen LogP contribution in [0.4, 0.5) is 0 Å². The van der Waals surface area contributed by atoms with E-state index >= 15 is 0 Å². The normalized spacial score (nSPS) is 22.6. The number of hydrogen-bond donors (Lipinski definition) is 0. The number of carbonyl (C=O) groups is 1. The Morgan fingerprint density at radius 3 is 2.28 bits per heavy atom. The predicted octanol–water partition coefficient (Wildman–Crippen LogP) is 2.09. The minimum absolute atomic E-state index is 0.131. The van der Waals surface area contributed by atoms with Crippen LogP contribution in [0.2, 0.25) is 0 Å². The summed E-state index contributed by atoms with van der Waals surface area (Å²) in [5.41, 5.74) is 0. The maximum atomic E-state index is 12.2. The second-order valence-corrected chi connectivity index (χ2v) is 7.80. The van der Waals surface area contributed by atoms with Crippen LogP contribution < -0.4 is 0 Å². The van der Waals surface area contributed by atoms with Crippen molar-refractivity contribution >= 4 is 38.5 Å². The first kappa shape index (κ1) is 13.8. The van der Waals surface area contributed by atoms with Gasteiger partial charge in [0.2, 0.25) is 5.91 Å². The number of sulfonamides is 1. The molecule has 1 aromatic carbocycles. The van der Waals surface area contributed by atoms with Crippen molar-refractivity contribution in [2.75, 3.05) is 7.05 Å². The van der Waals surface area contributed by atoms with Gasteiger partial charge in [-0.1, -0.05) is 6.92 Å². The number of halogens is 1. The van der Waals surface area contributed by atoms with Crippen molar-refractivity contribution < 1.29 is 13.2 Å². The summed E-state index contributed by atoms with van der Waals surface area (Å²) in [5, 5.41) is 0. The third-order valence-electron chi connectivity index (χ3n) is 3.21. The molecule has 0 heterocycles. The first-order chi connectivity index (χ1) is 8.34. The summed E-state index contributed by atoms with van der Waals surface area (Å²) in [5.74, 6) is -0.137. The molecule has 18 heavy (non-hydrogen) atoms. The lowest BCUT2D eigenvalue weighted by Gasteiger charge is -2.17. The average molecular weight is 379 g/mol. The topological polar surface area (TPSA) is 54.5 Å². The van der Waals surface area contributed by atoms with E-state index in [1.807, 2.05) is 6.92 Å². The van der Waals surface area contributed by atoms with Crippen LogP contribution in [0.3, 0.4) is 0 Å². The van der Waals surface area contributed by atoms with Crippen LogP contribution in [-0.4, -0.2) is 25.7 Å². The number of carbonyl (C=O) groups excluding carboxylic acids is 1. The van der Waals surface area contributed by atoms with Gasteiger partial charge >= 0.3 is 0 Å². The maximum Gasteiger partial charge on any atom is 0.266 e. The first-order valence-electron chi connectivity index (χ1n) is 5.62. The zero-order valence-corrected chi connectivity index (χ0v) is 13.1. The van der Waals surface area contributed by atoms with Crippen LogP contribution in [0.1, 0.15) is 13.3 Å². The minimum atomic E-state index is -3.70. The number of rotatable bonds is 3. The highest BCUT2D eigenvalue weighted by Crippen LogP contribution is 2.39. The third kappa shape index (κ3) is 2.54. The molecule has 0 aromatic heterocycles. The van der Waals surface area contributed by atoms with Crippen molar-refractivity contribution in [3.05, 3.63) is 27.8 Å². The van der Waals surface area contributed by atoms with E-state index in [9.17, 15) is 13.2 Å². The quantitative estimate of drug-likeness (QED) is 0.756. The molecule has 1 aromatic rings. The van der Waals surface area contributed by atoms with Gasteiger partial charge in [0, 0.05) is 16.5 Å². The summed E-state index contributed by atoms with van der Waals surface area (Å²) >= 11 is 2.10. The van der Waals surface area contributed by atoms with E-state index in [0.29, 0.717) is 5.92 Å². The molecule has 1 amide bonds. The van der Waals surface area contributed by atoms with E-state index in [1.54, 1.807) is 12.1 Å². The fourth-order valence-electron chi connectivity index (χ4n) is 1.78. The van der Waals surface area contributed by atoms with E-state index in [-0.39, 0.29) is 16.7 Å². The Balaban J connectivity index is 2.25. The fraction of sp³-hybridized carbons (Fsp3) is 0.417. The Kier molecular flexibility index (Phi) is 3.68. The molecule has 2 atom stereocenters. The Hall–Kier alpha value is -0.630. The molecule has 1 aliphatic carbocycles. The summed E-state index contributed by atoms with van der Waals surface area (Å²) in [6.45, 7) is 1.95. The molecule has 0 aliphatic heterocycles. The molecule has 0 radical (unpaired) electrons. The monoisotopic (exact) mass is 379 g/mol. The summed E-state index contributed by atoms with van der Waals surface area (Å²) in [6, 6.07) is 6.48. The van der Waals surface area contributed by atoms with Crippen LogP contribution >= 0.6 is 22.6 Å². The standard InChI is InChI=1S/C12H14INO3S/c1-8-7-11(8)12(15)14(2)18(16,17)10-5-3-9(13)4-6-10/h3-6,8,11H,7H2,1-2H3/t8-,11+/m0/s1. The predicted molar refractivity (Wildman–Crippen MR) is 76.4 cm³/mol. The molecule has 98 valence electrons. The van der Waals surface area contributed by atoms with Crippen LogP contribution in [0.25, 0.3) is 0 Å². The van der Waals surface area contributed by atoms with Crippen molar-refractivity contribution in [1.82, 2.24) is 4.31 Å². The Morgan fingerprint density at radius 1 is 1.33 bits per heavy atom. The lowest BCUT2D eigenvalue weighted by atomic mass is 10.3. The third-order valence-corrected chi connectivity index (χ3v) is 5.70. The Morgan fingerprint density at radius 2 is 1.83 bits per heavy atom. The van der Waals surface area contributed by atoms with E-state index in [4.69, 9.17) is 0 Å². The number of nitrogens with zero attached hydrogens (tertiary/aromatic N) is 1. The second-order valence-electron chi connectivity index (χ2n) is 4.58. The first-order valence-corrected chi connectivity index (χ1v) is 8.14. The largest absolute Gasteiger partial charge is 0.273 e. The molecule has 0 unspecified atom stereocenters. The van der Waals surface area contributed by atoms with Gasteiger partial charge in [0.1, 0.15) is 0 Å². The van der Waals surface area contributed by atoms with E-state index in [2.05, 4.69) is 22.6 Å². The van der Waals surface area contributed by atoms with Crippen LogP contribution in [0, 0.1) is 15.4 Å². The Bertz CT molecular complexity index is 567. The molecular formula is C12H14INO3S. The number of hydrogen-bond acceptors (Lipinski definition) is 3. The summed E-state index contributed by atoms with van der Waals surface area (Å²) in [6.07, 6.45) is 0.783. The van der Waals surface area contributed by atoms with Crippen molar-refractivity contribution in [3.63, 3.8) is 0 Å². The zero-order chi connectivity index (χ0) is 13.5. The molecule has 2 rings (SSSR count). The molecule has 6 heteroatoms. The second kappa shape index (κ2) is 4.80. The van der Waals surface area contributed by atoms with Crippen LogP contribution in [0.15, 0.2) is 29.2 Å². The van der Waals surface area contributed by atoms with Crippen molar-refractivity contribution in [2.45, 2.75) is 18.2 Å². The molecule has 1 aliphatic rings. The highest BCUT2D eigenvalue weighted by Gasteiger charge is 2.43. The highest BCUT2D eigenvalue weighted by atomic mass is 127. The van der Waals surface area contributed by atoms with Gasteiger partial charge in [-0.15, -0.1) is 0 Å². The maximum absolute atomic E-state index is 12.2. The van der Waals surface area contributed by atoms with Gasteiger partial charge in [0.25, 0.3) is 10.0 Å². The summed E-state index contributed by atoms with van der Waals surface area (Å²) in [7, 11) is -2.37. The molecule has 0 saturated heterocycles. The van der Waals surface area contributed by atoms with Gasteiger partial charge in [0.05, 0.1) is 4.90 Å². The number of amides is 1. The molecule has 1 fully saturated rings. The average Bonchev–Trinajstić information content (AvgIpc) is 3.05. The van der Waals surface area contributed by atoms with Crippen molar-refractivity contribution in [1.29, 1.82) is 0 Å². The lowest BCUT2D eigenvalue weighted by Crippen LogP contribution is -2.34. The van der Waals surface area contributed by atoms with Crippen LogP contribution in [0.5, 0.6) is 0 Å². The van der Waals surface area contributed by atoms with E-state index in [1.165, 1.54) is 19.2 Å². The van der Waals surface area contributed by atoms with Gasteiger partial charge in [-0.25, -0.2) is 12.7 Å². The molecular weight excluding hydrogens is 365 g/mol. The molecule has 0 N–H and O–H groups in total. The minimum Gasteiger partial charge on any atom is -0.273 e. The highest BCUT2D eigenvalue weighted by molar-refractivity contribution is 14.1. The van der Waals surface area contributed by atoms with Crippen LogP contribution in [-0.2, 0) is 14.8 Å². The SMILES string of the molecule is C[C@H]1C[C@H]1C(=O)N(C)S(=O)(=O)c1ccc(I)cc1. The molecule has 0 bridgehead atoms. The zero-order valence-electron chi connectivity index (χ0n) is 10.1. The van der Waals surface area contributed by atoms with Gasteiger partial charge in [0.15, 0.2) is 0 Å².